The van der Waals surface area contributed by atoms with E-state index in [0.29, 0.717) is 12.4 Å². The van der Waals surface area contributed by atoms with Gasteiger partial charge in [-0.3, -0.25) is 0 Å². The smallest absolute Gasteiger partial charge is 0.138 e. The first-order chi connectivity index (χ1) is 8.65. The predicted octanol–water partition coefficient (Wildman–Crippen LogP) is 4.33. The number of nitriles is 1. The molecule has 0 spiro atoms. The van der Waals surface area contributed by atoms with Crippen molar-refractivity contribution in [3.63, 3.8) is 0 Å². The maximum Gasteiger partial charge on any atom is 0.138 e. The number of rotatable bonds is 3. The molecular weight excluding hydrogens is 253 g/mol. The van der Waals surface area contributed by atoms with Gasteiger partial charge in [-0.05, 0) is 31.0 Å². The molecule has 1 aliphatic rings. The average Bonchev–Trinajstić information content (AvgIpc) is 2.39. The molecule has 1 fully saturated rings. The molecule has 0 amide bonds. The summed E-state index contributed by atoms with van der Waals surface area (Å²) in [5.74, 6) is 0.0540. The summed E-state index contributed by atoms with van der Waals surface area (Å²) in [4.78, 5) is 0. The number of benzene rings is 1. The second-order valence-electron chi connectivity index (χ2n) is 4.82. The van der Waals surface area contributed by atoms with Crippen molar-refractivity contribution in [2.45, 2.75) is 32.1 Å². The zero-order valence-electron chi connectivity index (χ0n) is 10.1. The summed E-state index contributed by atoms with van der Waals surface area (Å²) in [5, 5.41) is 9.56. The Bertz CT molecular complexity index is 463. The van der Waals surface area contributed by atoms with E-state index < -0.39 is 5.41 Å². The third-order valence-electron chi connectivity index (χ3n) is 3.45. The Labute approximate surface area is 111 Å². The van der Waals surface area contributed by atoms with E-state index in [2.05, 4.69) is 6.07 Å². The molecule has 0 N–H and O–H groups in total. The normalized spacial score (nSPS) is 18.1. The summed E-state index contributed by atoms with van der Waals surface area (Å²) in [5.41, 5.74) is -0.407. The molecule has 4 heteroatoms. The van der Waals surface area contributed by atoms with Crippen LogP contribution in [0, 0.1) is 22.6 Å². The summed E-state index contributed by atoms with van der Waals surface area (Å²) >= 11 is 5.89. The van der Waals surface area contributed by atoms with Crippen molar-refractivity contribution in [3.8, 4) is 11.8 Å². The van der Waals surface area contributed by atoms with E-state index in [9.17, 15) is 9.65 Å². The second-order valence-corrected chi connectivity index (χ2v) is 5.22. The molecule has 0 saturated heterocycles. The fraction of sp³-hybridized carbons (Fsp3) is 0.500. The van der Waals surface area contributed by atoms with Crippen molar-refractivity contribution in [1.29, 1.82) is 5.26 Å². The fourth-order valence-corrected chi connectivity index (χ4v) is 2.55. The molecule has 1 aromatic carbocycles. The van der Waals surface area contributed by atoms with Gasteiger partial charge in [-0.1, -0.05) is 30.9 Å². The van der Waals surface area contributed by atoms with Crippen LogP contribution >= 0.6 is 11.6 Å². The van der Waals surface area contributed by atoms with E-state index in [1.807, 2.05) is 0 Å². The number of hydrogen-bond acceptors (Lipinski definition) is 2. The maximum atomic E-state index is 12.9. The first-order valence-corrected chi connectivity index (χ1v) is 6.52. The zero-order valence-corrected chi connectivity index (χ0v) is 10.8. The number of halogens is 2. The van der Waals surface area contributed by atoms with Crippen LogP contribution in [0.4, 0.5) is 4.39 Å². The first kappa shape index (κ1) is 13.2. The van der Waals surface area contributed by atoms with Crippen molar-refractivity contribution < 1.29 is 9.13 Å². The molecule has 0 aliphatic heterocycles. The lowest BCUT2D eigenvalue weighted by Crippen LogP contribution is -2.29. The van der Waals surface area contributed by atoms with Crippen LogP contribution in [0.2, 0.25) is 5.02 Å². The van der Waals surface area contributed by atoms with E-state index in [1.54, 1.807) is 0 Å². The highest BCUT2D eigenvalue weighted by atomic mass is 35.5. The van der Waals surface area contributed by atoms with Gasteiger partial charge in [-0.15, -0.1) is 0 Å². The highest BCUT2D eigenvalue weighted by molar-refractivity contribution is 6.32. The Kier molecular flexibility index (Phi) is 4.08. The van der Waals surface area contributed by atoms with Crippen molar-refractivity contribution in [2.75, 3.05) is 6.61 Å². The molecule has 1 saturated carbocycles. The molecule has 1 aromatic rings. The van der Waals surface area contributed by atoms with Crippen LogP contribution < -0.4 is 4.74 Å². The molecule has 0 unspecified atom stereocenters. The summed E-state index contributed by atoms with van der Waals surface area (Å²) < 4.78 is 18.5. The van der Waals surface area contributed by atoms with E-state index in [4.69, 9.17) is 16.3 Å². The third-order valence-corrected chi connectivity index (χ3v) is 3.74. The van der Waals surface area contributed by atoms with Crippen molar-refractivity contribution in [3.05, 3.63) is 29.0 Å². The lowest BCUT2D eigenvalue weighted by molar-refractivity contribution is 0.150. The highest BCUT2D eigenvalue weighted by Gasteiger charge is 2.33. The third kappa shape index (κ3) is 2.94. The summed E-state index contributed by atoms with van der Waals surface area (Å²) in [6.07, 6.45) is 5.04. The van der Waals surface area contributed by atoms with Crippen LogP contribution in [0.3, 0.4) is 0 Å². The van der Waals surface area contributed by atoms with Gasteiger partial charge in [0.05, 0.1) is 16.5 Å². The molecular formula is C14H15ClFNO. The molecule has 0 atom stereocenters. The van der Waals surface area contributed by atoms with Gasteiger partial charge in [-0.2, -0.15) is 5.26 Å². The van der Waals surface area contributed by atoms with Crippen molar-refractivity contribution in [1.82, 2.24) is 0 Å². The van der Waals surface area contributed by atoms with E-state index in [0.717, 1.165) is 25.7 Å². The lowest BCUT2D eigenvalue weighted by Gasteiger charge is -2.30. The van der Waals surface area contributed by atoms with Crippen LogP contribution in [0.5, 0.6) is 5.75 Å². The SMILES string of the molecule is N#CC1(COc2ccc(F)cc2Cl)CCCCC1. The Morgan fingerprint density at radius 2 is 2.06 bits per heavy atom. The van der Waals surface area contributed by atoms with Gasteiger partial charge in [0.25, 0.3) is 0 Å². The summed E-state index contributed by atoms with van der Waals surface area (Å²) in [7, 11) is 0. The Balaban J connectivity index is 2.04. The minimum absolute atomic E-state index is 0.249. The Morgan fingerprint density at radius 1 is 1.33 bits per heavy atom. The first-order valence-electron chi connectivity index (χ1n) is 6.14. The highest BCUT2D eigenvalue weighted by Crippen LogP contribution is 2.37. The maximum absolute atomic E-state index is 12.9. The number of hydrogen-bond donors (Lipinski definition) is 0. The Morgan fingerprint density at radius 3 is 2.67 bits per heavy atom. The molecule has 0 radical (unpaired) electrons. The summed E-state index contributed by atoms with van der Waals surface area (Å²) in [6, 6.07) is 6.41. The zero-order chi connectivity index (χ0) is 13.0. The fourth-order valence-electron chi connectivity index (χ4n) is 2.33. The molecule has 18 heavy (non-hydrogen) atoms. The van der Waals surface area contributed by atoms with Crippen LogP contribution in [-0.2, 0) is 0 Å². The van der Waals surface area contributed by atoms with Gasteiger partial charge in [0.15, 0.2) is 0 Å². The monoisotopic (exact) mass is 267 g/mol. The van der Waals surface area contributed by atoms with Crippen LogP contribution in [0.1, 0.15) is 32.1 Å². The van der Waals surface area contributed by atoms with Crippen molar-refractivity contribution >= 4 is 11.6 Å². The topological polar surface area (TPSA) is 33.0 Å². The predicted molar refractivity (Wildman–Crippen MR) is 68.0 cm³/mol. The van der Waals surface area contributed by atoms with Gasteiger partial charge >= 0.3 is 0 Å². The van der Waals surface area contributed by atoms with Gasteiger partial charge in [0, 0.05) is 0 Å². The molecule has 1 aliphatic carbocycles. The Hall–Kier alpha value is -1.27. The largest absolute Gasteiger partial charge is 0.490 e. The molecule has 2 nitrogen and oxygen atoms in total. The second kappa shape index (κ2) is 5.58. The minimum atomic E-state index is -0.407. The summed E-state index contributed by atoms with van der Waals surface area (Å²) in [6.45, 7) is 0.328. The molecule has 0 bridgehead atoms. The molecule has 0 heterocycles. The lowest BCUT2D eigenvalue weighted by atomic mass is 9.76. The van der Waals surface area contributed by atoms with E-state index in [1.165, 1.54) is 24.6 Å². The standard InChI is InChI=1S/C14H15ClFNO/c15-12-8-11(16)4-5-13(12)18-10-14(9-17)6-2-1-3-7-14/h4-5,8H,1-3,6-7,10H2. The average molecular weight is 268 g/mol. The minimum Gasteiger partial charge on any atom is -0.490 e. The van der Waals surface area contributed by atoms with Crippen molar-refractivity contribution in [2.24, 2.45) is 5.41 Å². The van der Waals surface area contributed by atoms with Gasteiger partial charge < -0.3 is 4.74 Å². The number of nitrogens with zero attached hydrogens (tertiary/aromatic N) is 1. The van der Waals surface area contributed by atoms with Gasteiger partial charge in [-0.25, -0.2) is 4.39 Å². The van der Waals surface area contributed by atoms with Gasteiger partial charge in [0.2, 0.25) is 0 Å². The van der Waals surface area contributed by atoms with E-state index >= 15 is 0 Å². The van der Waals surface area contributed by atoms with Crippen LogP contribution in [-0.4, -0.2) is 6.61 Å². The molecule has 0 aromatic heterocycles. The molecule has 96 valence electrons. The van der Waals surface area contributed by atoms with Crippen LogP contribution in [0.25, 0.3) is 0 Å². The molecule has 2 rings (SSSR count). The van der Waals surface area contributed by atoms with Crippen LogP contribution in [0.15, 0.2) is 18.2 Å². The number of ether oxygens (including phenoxy) is 1. The van der Waals surface area contributed by atoms with Gasteiger partial charge in [0.1, 0.15) is 18.2 Å². The quantitative estimate of drug-likeness (QED) is 0.816. The van der Waals surface area contributed by atoms with E-state index in [-0.39, 0.29) is 10.8 Å².